The number of hydrogen-bond donors (Lipinski definition) is 4. The maximum atomic E-state index is 13.4. The SMILES string of the molecule is C=C/C(F)=C\C=C(/C)OP(=O)(N[C@@H](C)C(=O)OC)OC[C@H]1O[C@@H](n2cnc3c(=O)[nH]c(N)nc32)C[C@H]1O. The molecule has 0 bridgehead atoms. The number of halogens is 1. The van der Waals surface area contributed by atoms with E-state index < -0.39 is 56.2 Å². The smallest absolute Gasteiger partial charge is 0.459 e. The normalized spacial score (nSPS) is 23.0. The lowest BCUT2D eigenvalue weighted by Crippen LogP contribution is -2.35. The van der Waals surface area contributed by atoms with Gasteiger partial charge in [0.05, 0.1) is 26.1 Å². The molecule has 14 nitrogen and oxygen atoms in total. The number of H-pyrrole nitrogens is 1. The average molecular weight is 542 g/mol. The first-order valence-corrected chi connectivity index (χ1v) is 12.5. The molecule has 3 rings (SSSR count). The van der Waals surface area contributed by atoms with Crippen molar-refractivity contribution in [2.75, 3.05) is 19.5 Å². The molecule has 202 valence electrons. The lowest BCUT2D eigenvalue weighted by Gasteiger charge is -2.24. The summed E-state index contributed by atoms with van der Waals surface area (Å²) in [5.74, 6) is -1.52. The van der Waals surface area contributed by atoms with Crippen LogP contribution in [0.1, 0.15) is 26.5 Å². The van der Waals surface area contributed by atoms with Crippen molar-refractivity contribution in [2.24, 2.45) is 0 Å². The second-order valence-electron chi connectivity index (χ2n) is 8.00. The summed E-state index contributed by atoms with van der Waals surface area (Å²) in [6.07, 6.45) is 1.73. The van der Waals surface area contributed by atoms with Gasteiger partial charge in [0.1, 0.15) is 30.0 Å². The van der Waals surface area contributed by atoms with Crippen LogP contribution >= 0.6 is 7.75 Å². The van der Waals surface area contributed by atoms with Gasteiger partial charge in [-0.2, -0.15) is 10.1 Å². The number of nitrogens with two attached hydrogens (primary N) is 1. The number of carbonyl (C=O) groups is 1. The van der Waals surface area contributed by atoms with Gasteiger partial charge in [0.25, 0.3) is 5.56 Å². The van der Waals surface area contributed by atoms with Crippen LogP contribution in [-0.4, -0.2) is 62.6 Å². The molecule has 1 saturated heterocycles. The molecule has 1 fully saturated rings. The van der Waals surface area contributed by atoms with Crippen LogP contribution in [0, 0.1) is 0 Å². The Bertz CT molecular complexity index is 1320. The number of methoxy groups -OCH3 is 1. The van der Waals surface area contributed by atoms with Crippen molar-refractivity contribution in [2.45, 2.75) is 44.7 Å². The van der Waals surface area contributed by atoms with E-state index in [-0.39, 0.29) is 29.3 Å². The van der Waals surface area contributed by atoms with Crippen LogP contribution in [0.3, 0.4) is 0 Å². The highest BCUT2D eigenvalue weighted by molar-refractivity contribution is 7.51. The van der Waals surface area contributed by atoms with Gasteiger partial charge in [0.2, 0.25) is 5.95 Å². The maximum absolute atomic E-state index is 13.4. The predicted octanol–water partition coefficient (Wildman–Crippen LogP) is 1.59. The number of aromatic amines is 1. The zero-order valence-electron chi connectivity index (χ0n) is 20.3. The molecule has 0 amide bonds. The van der Waals surface area contributed by atoms with Crippen molar-refractivity contribution in [3.05, 3.63) is 53.1 Å². The number of allylic oxidation sites excluding steroid dienone is 5. The summed E-state index contributed by atoms with van der Waals surface area (Å²) < 4.78 is 49.6. The molecule has 1 unspecified atom stereocenters. The number of aliphatic hydroxyl groups excluding tert-OH is 1. The molecule has 1 aliphatic heterocycles. The van der Waals surface area contributed by atoms with Gasteiger partial charge in [0, 0.05) is 6.42 Å². The Morgan fingerprint density at radius 1 is 1.54 bits per heavy atom. The zero-order valence-corrected chi connectivity index (χ0v) is 21.2. The van der Waals surface area contributed by atoms with E-state index in [1.807, 2.05) is 0 Å². The first-order valence-electron chi connectivity index (χ1n) is 11.0. The Labute approximate surface area is 210 Å². The molecular weight excluding hydrogens is 514 g/mol. The molecule has 3 heterocycles. The number of nitrogen functional groups attached to an aromatic ring is 1. The summed E-state index contributed by atoms with van der Waals surface area (Å²) in [6.45, 7) is 5.63. The summed E-state index contributed by atoms with van der Waals surface area (Å²) in [5.41, 5.74) is 5.28. The molecule has 0 spiro atoms. The van der Waals surface area contributed by atoms with Crippen LogP contribution in [0.4, 0.5) is 10.3 Å². The Morgan fingerprint density at radius 2 is 2.27 bits per heavy atom. The summed E-state index contributed by atoms with van der Waals surface area (Å²) in [6, 6.07) is -1.10. The van der Waals surface area contributed by atoms with Crippen molar-refractivity contribution in [3.8, 4) is 0 Å². The van der Waals surface area contributed by atoms with Crippen LogP contribution in [0.2, 0.25) is 0 Å². The number of ether oxygens (including phenoxy) is 2. The molecule has 2 aromatic rings. The Balaban J connectivity index is 1.76. The highest BCUT2D eigenvalue weighted by atomic mass is 31.2. The molecule has 1 aliphatic rings. The third-order valence-corrected chi connectivity index (χ3v) is 6.94. The first kappa shape index (κ1) is 28.2. The van der Waals surface area contributed by atoms with E-state index >= 15 is 0 Å². The van der Waals surface area contributed by atoms with E-state index in [0.29, 0.717) is 0 Å². The number of fused-ring (bicyclic) bond motifs is 1. The van der Waals surface area contributed by atoms with E-state index in [1.165, 1.54) is 30.8 Å². The van der Waals surface area contributed by atoms with Gasteiger partial charge < -0.3 is 24.8 Å². The second kappa shape index (κ2) is 11.8. The number of anilines is 1. The molecule has 0 aromatic carbocycles. The van der Waals surface area contributed by atoms with Gasteiger partial charge in [-0.25, -0.2) is 13.9 Å². The highest BCUT2D eigenvalue weighted by Crippen LogP contribution is 2.47. The van der Waals surface area contributed by atoms with Crippen LogP contribution in [0.25, 0.3) is 11.2 Å². The minimum absolute atomic E-state index is 0.00515. The first-order chi connectivity index (χ1) is 17.5. The maximum Gasteiger partial charge on any atom is 0.459 e. The number of esters is 1. The summed E-state index contributed by atoms with van der Waals surface area (Å²) in [4.78, 5) is 34.3. The molecule has 5 N–H and O–H groups in total. The minimum Gasteiger partial charge on any atom is -0.468 e. The average Bonchev–Trinajstić information content (AvgIpc) is 3.43. The molecule has 37 heavy (non-hydrogen) atoms. The summed E-state index contributed by atoms with van der Waals surface area (Å²) in [5, 5.41) is 13.0. The lowest BCUT2D eigenvalue weighted by atomic mass is 10.2. The number of nitrogens with zero attached hydrogens (tertiary/aromatic N) is 3. The van der Waals surface area contributed by atoms with Crippen molar-refractivity contribution in [1.82, 2.24) is 24.6 Å². The fourth-order valence-corrected chi connectivity index (χ4v) is 4.95. The zero-order chi connectivity index (χ0) is 27.3. The van der Waals surface area contributed by atoms with E-state index in [2.05, 4.69) is 31.4 Å². The van der Waals surface area contributed by atoms with Gasteiger partial charge >= 0.3 is 13.7 Å². The fourth-order valence-electron chi connectivity index (χ4n) is 3.40. The highest BCUT2D eigenvalue weighted by Gasteiger charge is 2.39. The van der Waals surface area contributed by atoms with E-state index in [1.54, 1.807) is 0 Å². The molecular formula is C21H28FN6O8P. The third-order valence-electron chi connectivity index (χ3n) is 5.22. The Morgan fingerprint density at radius 3 is 2.95 bits per heavy atom. The number of rotatable bonds is 11. The van der Waals surface area contributed by atoms with Gasteiger partial charge in [-0.3, -0.25) is 23.7 Å². The van der Waals surface area contributed by atoms with Gasteiger partial charge in [-0.05, 0) is 32.1 Å². The molecule has 16 heteroatoms. The van der Waals surface area contributed by atoms with E-state index in [9.17, 15) is 23.7 Å². The van der Waals surface area contributed by atoms with E-state index in [0.717, 1.165) is 19.3 Å². The van der Waals surface area contributed by atoms with Crippen LogP contribution < -0.4 is 16.4 Å². The topological polar surface area (TPSA) is 193 Å². The van der Waals surface area contributed by atoms with Crippen molar-refractivity contribution >= 4 is 30.8 Å². The number of imidazole rings is 1. The summed E-state index contributed by atoms with van der Waals surface area (Å²) >= 11 is 0. The van der Waals surface area contributed by atoms with Gasteiger partial charge in [-0.15, -0.1) is 0 Å². The largest absolute Gasteiger partial charge is 0.468 e. The van der Waals surface area contributed by atoms with Crippen LogP contribution in [0.5, 0.6) is 0 Å². The minimum atomic E-state index is -4.26. The van der Waals surface area contributed by atoms with Crippen molar-refractivity contribution < 1.29 is 37.4 Å². The fraction of sp³-hybridized carbons (Fsp3) is 0.429. The molecule has 2 aromatic heterocycles. The number of carbonyl (C=O) groups excluding carboxylic acids is 1. The quantitative estimate of drug-likeness (QED) is 0.139. The third kappa shape index (κ3) is 6.90. The standard InChI is InChI=1S/C21H28FN6O8P/c1-5-13(22)7-6-11(2)36-37(32,27-12(3)20(31)33-4)34-9-15-14(29)8-16(35-15)28-10-24-17-18(28)25-21(23)26-19(17)30/h5-7,10,12,14-16,29H,1,8-9H2,2-4H3,(H,27,32)(H3,23,25,26,30)/b11-6+,13-7+/t12-,14+,15+,16+,37?/m0/s1. The Kier molecular flexibility index (Phi) is 8.99. The number of aliphatic hydroxyl groups is 1. The van der Waals surface area contributed by atoms with Crippen LogP contribution in [0.15, 0.2) is 47.5 Å². The second-order valence-corrected chi connectivity index (χ2v) is 9.69. The number of aromatic nitrogens is 4. The summed E-state index contributed by atoms with van der Waals surface area (Å²) in [7, 11) is -3.11. The molecule has 0 saturated carbocycles. The lowest BCUT2D eigenvalue weighted by molar-refractivity contribution is -0.142. The predicted molar refractivity (Wildman–Crippen MR) is 129 cm³/mol. The van der Waals surface area contributed by atoms with E-state index in [4.69, 9.17) is 19.5 Å². The molecule has 0 aliphatic carbocycles. The molecule has 0 radical (unpaired) electrons. The monoisotopic (exact) mass is 542 g/mol. The van der Waals surface area contributed by atoms with Gasteiger partial charge in [0.15, 0.2) is 11.2 Å². The van der Waals surface area contributed by atoms with Crippen LogP contribution in [-0.2, 0) is 27.9 Å². The number of nitrogens with one attached hydrogen (secondary N) is 2. The van der Waals surface area contributed by atoms with Crippen molar-refractivity contribution in [1.29, 1.82) is 0 Å². The molecule has 5 atom stereocenters. The Hall–Kier alpha value is -3.36. The number of hydrogen-bond acceptors (Lipinski definition) is 11. The van der Waals surface area contributed by atoms with Crippen molar-refractivity contribution in [3.63, 3.8) is 0 Å². The van der Waals surface area contributed by atoms with Gasteiger partial charge in [-0.1, -0.05) is 6.58 Å².